The van der Waals surface area contributed by atoms with E-state index in [1.165, 1.54) is 16.1 Å². The number of carbonyl (C=O) groups excluding carboxylic acids is 2. The van der Waals surface area contributed by atoms with Crippen LogP contribution in [-0.4, -0.2) is 67.8 Å². The summed E-state index contributed by atoms with van der Waals surface area (Å²) in [5.41, 5.74) is 0.821. The van der Waals surface area contributed by atoms with E-state index < -0.39 is 22.1 Å². The van der Waals surface area contributed by atoms with Gasteiger partial charge in [0, 0.05) is 37.6 Å². The van der Waals surface area contributed by atoms with Gasteiger partial charge in [-0.25, -0.2) is 13.2 Å². The number of benzene rings is 1. The van der Waals surface area contributed by atoms with E-state index in [2.05, 4.69) is 10.6 Å². The molecule has 170 valence electrons. The highest BCUT2D eigenvalue weighted by atomic mass is 32.2. The van der Waals surface area contributed by atoms with Crippen LogP contribution >= 0.6 is 0 Å². The van der Waals surface area contributed by atoms with Crippen LogP contribution in [0.4, 0.5) is 4.79 Å². The normalized spacial score (nSPS) is 20.4. The van der Waals surface area contributed by atoms with Gasteiger partial charge in [0.05, 0.1) is 6.04 Å². The second-order valence-electron chi connectivity index (χ2n) is 8.17. The summed E-state index contributed by atoms with van der Waals surface area (Å²) in [4.78, 5) is 26.5. The number of nitrogens with one attached hydrogen (secondary N) is 2. The zero-order chi connectivity index (χ0) is 22.3. The third kappa shape index (κ3) is 6.88. The van der Waals surface area contributed by atoms with Gasteiger partial charge in [-0.2, -0.15) is 4.31 Å². The third-order valence-corrected chi connectivity index (χ3v) is 7.53. The zero-order valence-corrected chi connectivity index (χ0v) is 18.8. The van der Waals surface area contributed by atoms with Crippen molar-refractivity contribution in [3.05, 3.63) is 41.3 Å². The molecule has 3 rings (SSSR count). The van der Waals surface area contributed by atoms with Crippen LogP contribution in [0.3, 0.4) is 0 Å². The Hall–Kier alpha value is -2.23. The van der Waals surface area contributed by atoms with Crippen LogP contribution in [-0.2, 0) is 14.8 Å². The summed E-state index contributed by atoms with van der Waals surface area (Å²) >= 11 is 0. The molecule has 2 N–H and O–H groups in total. The van der Waals surface area contributed by atoms with Gasteiger partial charge >= 0.3 is 6.03 Å². The fourth-order valence-electron chi connectivity index (χ4n) is 4.01. The first-order valence-electron chi connectivity index (χ1n) is 10.9. The molecule has 2 aliphatic rings. The van der Waals surface area contributed by atoms with Crippen LogP contribution in [0, 0.1) is 0 Å². The van der Waals surface area contributed by atoms with Crippen molar-refractivity contribution < 1.29 is 18.0 Å². The fraction of sp³-hybridized carbons (Fsp3) is 0.545. The summed E-state index contributed by atoms with van der Waals surface area (Å²) in [7, 11) is -3.52. The number of hydrogen-bond acceptors (Lipinski definition) is 5. The molecule has 31 heavy (non-hydrogen) atoms. The maximum absolute atomic E-state index is 12.6. The van der Waals surface area contributed by atoms with Gasteiger partial charge in [-0.1, -0.05) is 49.6 Å². The van der Waals surface area contributed by atoms with Gasteiger partial charge in [-0.15, -0.1) is 0 Å². The molecule has 1 heterocycles. The van der Waals surface area contributed by atoms with E-state index in [0.717, 1.165) is 31.2 Å². The largest absolute Gasteiger partial charge is 0.335 e. The van der Waals surface area contributed by atoms with Crippen molar-refractivity contribution in [1.29, 1.82) is 0 Å². The summed E-state index contributed by atoms with van der Waals surface area (Å²) in [6.45, 7) is 3.19. The van der Waals surface area contributed by atoms with Gasteiger partial charge in [0.1, 0.15) is 0 Å². The Morgan fingerprint density at radius 2 is 1.68 bits per heavy atom. The van der Waals surface area contributed by atoms with Crippen molar-refractivity contribution in [2.45, 2.75) is 51.1 Å². The minimum atomic E-state index is -3.52. The molecule has 0 bridgehead atoms. The first-order valence-corrected chi connectivity index (χ1v) is 12.4. The summed E-state index contributed by atoms with van der Waals surface area (Å²) in [5, 5.41) is 6.53. The van der Waals surface area contributed by atoms with E-state index in [4.69, 9.17) is 0 Å². The number of urea groups is 1. The number of sulfonamides is 1. The molecule has 0 radical (unpaired) electrons. The van der Waals surface area contributed by atoms with Gasteiger partial charge in [-0.3, -0.25) is 15.0 Å². The number of rotatable bonds is 6. The SMILES string of the molecule is CC(C(=O)NC(=O)NC1CCCCC1)N1CCN(S(=O)(=O)/C=C/c2ccccc2)CC1. The van der Waals surface area contributed by atoms with E-state index in [9.17, 15) is 18.0 Å². The monoisotopic (exact) mass is 448 g/mol. The second kappa shape index (κ2) is 10.9. The molecule has 9 heteroatoms. The van der Waals surface area contributed by atoms with Crippen molar-refractivity contribution in [1.82, 2.24) is 19.8 Å². The Bertz CT molecular complexity index is 874. The van der Waals surface area contributed by atoms with Crippen molar-refractivity contribution in [3.63, 3.8) is 0 Å². The molecule has 1 unspecified atom stereocenters. The standard InChI is InChI=1S/C22H32N4O4S/c1-18(21(27)24-22(28)23-20-10-6-3-7-11-20)25-13-15-26(16-14-25)31(29,30)17-12-19-8-4-2-5-9-19/h2,4-5,8-9,12,17-18,20H,3,6-7,10-11,13-16H2,1H3,(H2,23,24,27,28)/b17-12+. The smallest absolute Gasteiger partial charge is 0.321 e. The van der Waals surface area contributed by atoms with Crippen LogP contribution in [0.25, 0.3) is 6.08 Å². The number of carbonyl (C=O) groups is 2. The van der Waals surface area contributed by atoms with E-state index in [0.29, 0.717) is 26.2 Å². The number of piperazine rings is 1. The molecule has 1 saturated heterocycles. The molecule has 1 aromatic carbocycles. The first kappa shape index (κ1) is 23.4. The summed E-state index contributed by atoms with van der Waals surface area (Å²) in [5.74, 6) is -0.367. The fourth-order valence-corrected chi connectivity index (χ4v) is 5.18. The highest BCUT2D eigenvalue weighted by Crippen LogP contribution is 2.17. The summed E-state index contributed by atoms with van der Waals surface area (Å²) < 4.78 is 26.6. The Balaban J connectivity index is 1.46. The predicted molar refractivity (Wildman–Crippen MR) is 121 cm³/mol. The van der Waals surface area contributed by atoms with E-state index in [-0.39, 0.29) is 11.9 Å². The number of hydrogen-bond donors (Lipinski definition) is 2. The lowest BCUT2D eigenvalue weighted by molar-refractivity contribution is -0.125. The molecule has 1 aliphatic heterocycles. The van der Waals surface area contributed by atoms with Crippen molar-refractivity contribution in [2.75, 3.05) is 26.2 Å². The predicted octanol–water partition coefficient (Wildman–Crippen LogP) is 2.15. The average molecular weight is 449 g/mol. The molecule has 1 aliphatic carbocycles. The van der Waals surface area contributed by atoms with Crippen molar-refractivity contribution in [2.24, 2.45) is 0 Å². The molecule has 3 amide bonds. The molecular weight excluding hydrogens is 416 g/mol. The van der Waals surface area contributed by atoms with Gasteiger partial charge in [0.25, 0.3) is 0 Å². The van der Waals surface area contributed by atoms with Crippen LogP contribution in [0.1, 0.15) is 44.6 Å². The first-order chi connectivity index (χ1) is 14.8. The van der Waals surface area contributed by atoms with Crippen LogP contribution in [0.5, 0.6) is 0 Å². The highest BCUT2D eigenvalue weighted by Gasteiger charge is 2.30. The maximum Gasteiger partial charge on any atom is 0.321 e. The molecule has 2 fully saturated rings. The van der Waals surface area contributed by atoms with Crippen molar-refractivity contribution >= 4 is 28.0 Å². The van der Waals surface area contributed by atoms with Gasteiger partial charge in [-0.05, 0) is 31.4 Å². The molecular formula is C22H32N4O4S. The maximum atomic E-state index is 12.6. The van der Waals surface area contributed by atoms with Crippen LogP contribution < -0.4 is 10.6 Å². The summed E-state index contributed by atoms with van der Waals surface area (Å²) in [6.07, 6.45) is 6.88. The van der Waals surface area contributed by atoms with E-state index >= 15 is 0 Å². The van der Waals surface area contributed by atoms with Crippen molar-refractivity contribution in [3.8, 4) is 0 Å². The number of amides is 3. The Labute approximate surface area is 184 Å². The van der Waals surface area contributed by atoms with E-state index in [1.807, 2.05) is 35.2 Å². The highest BCUT2D eigenvalue weighted by molar-refractivity contribution is 7.92. The van der Waals surface area contributed by atoms with Gasteiger partial charge in [0.15, 0.2) is 0 Å². The minimum absolute atomic E-state index is 0.134. The second-order valence-corrected chi connectivity index (χ2v) is 9.99. The Morgan fingerprint density at radius 1 is 1.03 bits per heavy atom. The quantitative estimate of drug-likeness (QED) is 0.695. The van der Waals surface area contributed by atoms with Gasteiger partial charge < -0.3 is 5.32 Å². The lowest BCUT2D eigenvalue weighted by Gasteiger charge is -2.36. The van der Waals surface area contributed by atoms with Crippen LogP contribution in [0.2, 0.25) is 0 Å². The number of imide groups is 1. The van der Waals surface area contributed by atoms with Crippen LogP contribution in [0.15, 0.2) is 35.7 Å². The lowest BCUT2D eigenvalue weighted by atomic mass is 9.96. The Morgan fingerprint density at radius 3 is 2.32 bits per heavy atom. The third-order valence-electron chi connectivity index (χ3n) is 5.97. The average Bonchev–Trinajstić information content (AvgIpc) is 2.78. The van der Waals surface area contributed by atoms with E-state index in [1.54, 1.807) is 13.0 Å². The lowest BCUT2D eigenvalue weighted by Crippen LogP contribution is -2.56. The molecule has 1 saturated carbocycles. The molecule has 1 aromatic rings. The molecule has 0 aromatic heterocycles. The summed E-state index contributed by atoms with van der Waals surface area (Å²) in [6, 6.07) is 8.44. The molecule has 0 spiro atoms. The zero-order valence-electron chi connectivity index (χ0n) is 18.0. The topological polar surface area (TPSA) is 98.8 Å². The van der Waals surface area contributed by atoms with Gasteiger partial charge in [0.2, 0.25) is 15.9 Å². The molecule has 8 nitrogen and oxygen atoms in total. The number of nitrogens with zero attached hydrogens (tertiary/aromatic N) is 2. The molecule has 1 atom stereocenters. The Kier molecular flexibility index (Phi) is 8.22. The minimum Gasteiger partial charge on any atom is -0.335 e.